The maximum absolute atomic E-state index is 11.4. The standard InChI is InChI=1S/C10H19NO5S/c1-5-7-11(3,4)9(17(14,15)16)8(6-2)10(12)13/h5-7H2,1-4H3,(H-,12,13,14,15,16)/p+1. The third kappa shape index (κ3) is 4.10. The highest BCUT2D eigenvalue weighted by molar-refractivity contribution is 7.89. The average molecular weight is 266 g/mol. The highest BCUT2D eigenvalue weighted by Gasteiger charge is 2.37. The molecule has 2 N–H and O–H groups in total. The SMILES string of the molecule is CCC[N+](C)(C)C(=C(CC)C(=O)O)S(=O)(=O)O. The average Bonchev–Trinajstić information content (AvgIpc) is 2.10. The summed E-state index contributed by atoms with van der Waals surface area (Å²) in [5, 5.41) is 8.56. The summed E-state index contributed by atoms with van der Waals surface area (Å²) in [7, 11) is -1.41. The largest absolute Gasteiger partial charge is 0.478 e. The van der Waals surface area contributed by atoms with Crippen molar-refractivity contribution in [3.63, 3.8) is 0 Å². The van der Waals surface area contributed by atoms with E-state index in [0.717, 1.165) is 0 Å². The Balaban J connectivity index is 6.02. The van der Waals surface area contributed by atoms with Crippen molar-refractivity contribution in [2.45, 2.75) is 26.7 Å². The van der Waals surface area contributed by atoms with E-state index >= 15 is 0 Å². The molecule has 0 aliphatic heterocycles. The van der Waals surface area contributed by atoms with Gasteiger partial charge in [-0.15, -0.1) is 0 Å². The molecule has 0 aromatic heterocycles. The Labute approximate surface area is 102 Å². The van der Waals surface area contributed by atoms with Gasteiger partial charge in [-0.1, -0.05) is 13.8 Å². The maximum Gasteiger partial charge on any atom is 0.345 e. The summed E-state index contributed by atoms with van der Waals surface area (Å²) in [6.45, 7) is 3.82. The summed E-state index contributed by atoms with van der Waals surface area (Å²) in [6, 6.07) is 0. The number of nitrogens with zero attached hydrogens (tertiary/aromatic N) is 1. The lowest BCUT2D eigenvalue weighted by molar-refractivity contribution is -0.845. The molecule has 0 heterocycles. The first-order valence-corrected chi connectivity index (χ1v) is 6.79. The minimum atomic E-state index is -4.53. The Bertz CT molecular complexity index is 422. The molecule has 0 saturated heterocycles. The molecule has 0 aromatic carbocycles. The first-order valence-electron chi connectivity index (χ1n) is 5.35. The predicted molar refractivity (Wildman–Crippen MR) is 63.8 cm³/mol. The van der Waals surface area contributed by atoms with Crippen LogP contribution in [-0.4, -0.2) is 49.2 Å². The van der Waals surface area contributed by atoms with Gasteiger partial charge in [0, 0.05) is 0 Å². The number of carboxylic acids is 1. The molecule has 0 atom stereocenters. The second-order valence-corrected chi connectivity index (χ2v) is 5.66. The van der Waals surface area contributed by atoms with E-state index < -0.39 is 21.1 Å². The highest BCUT2D eigenvalue weighted by atomic mass is 32.2. The fourth-order valence-electron chi connectivity index (χ4n) is 1.89. The number of hydrogen-bond donors (Lipinski definition) is 2. The summed E-state index contributed by atoms with van der Waals surface area (Å²) in [4.78, 5) is 11.0. The zero-order chi connectivity index (χ0) is 13.9. The molecule has 6 nitrogen and oxygen atoms in total. The van der Waals surface area contributed by atoms with E-state index in [1.807, 2.05) is 6.92 Å². The number of carbonyl (C=O) groups is 1. The van der Waals surface area contributed by atoms with Crippen LogP contribution in [0.15, 0.2) is 10.6 Å². The number of quaternary nitrogens is 1. The van der Waals surface area contributed by atoms with Crippen molar-refractivity contribution in [3.8, 4) is 0 Å². The quantitative estimate of drug-likeness (QED) is 0.426. The van der Waals surface area contributed by atoms with Crippen molar-refractivity contribution in [2.75, 3.05) is 20.6 Å². The molecule has 0 saturated carbocycles. The number of carboxylic acid groups (broad SMARTS) is 1. The van der Waals surface area contributed by atoms with E-state index in [0.29, 0.717) is 13.0 Å². The Kier molecular flexibility index (Phi) is 5.31. The minimum absolute atomic E-state index is 0.0376. The van der Waals surface area contributed by atoms with Gasteiger partial charge in [-0.3, -0.25) is 9.04 Å². The van der Waals surface area contributed by atoms with Crippen LogP contribution >= 0.6 is 0 Å². The van der Waals surface area contributed by atoms with Crippen LogP contribution in [0.5, 0.6) is 0 Å². The van der Waals surface area contributed by atoms with Crippen molar-refractivity contribution in [1.82, 2.24) is 0 Å². The van der Waals surface area contributed by atoms with Gasteiger partial charge < -0.3 is 5.11 Å². The molecule has 0 fully saturated rings. The van der Waals surface area contributed by atoms with E-state index in [2.05, 4.69) is 0 Å². The third-order valence-electron chi connectivity index (χ3n) is 2.45. The van der Waals surface area contributed by atoms with Gasteiger partial charge in [-0.25, -0.2) is 4.79 Å². The molecule has 0 spiro atoms. The van der Waals surface area contributed by atoms with Gasteiger partial charge in [0.1, 0.15) is 5.57 Å². The van der Waals surface area contributed by atoms with Crippen LogP contribution in [0.3, 0.4) is 0 Å². The number of rotatable bonds is 6. The molecular formula is C10H20NO5S+. The predicted octanol–water partition coefficient (Wildman–Crippen LogP) is 1.07. The van der Waals surface area contributed by atoms with Crippen molar-refractivity contribution >= 4 is 16.1 Å². The van der Waals surface area contributed by atoms with Crippen molar-refractivity contribution < 1.29 is 27.4 Å². The maximum atomic E-state index is 11.4. The summed E-state index contributed by atoms with van der Waals surface area (Å²) < 4.78 is 31.8. The Morgan fingerprint density at radius 1 is 1.24 bits per heavy atom. The van der Waals surface area contributed by atoms with Crippen LogP contribution in [0.1, 0.15) is 26.7 Å². The summed E-state index contributed by atoms with van der Waals surface area (Å²) in [5.41, 5.74) is -0.272. The zero-order valence-electron chi connectivity index (χ0n) is 10.6. The van der Waals surface area contributed by atoms with Gasteiger partial charge in [-0.2, -0.15) is 8.42 Å². The number of aliphatic carboxylic acids is 1. The molecule has 100 valence electrons. The molecule has 0 bridgehead atoms. The third-order valence-corrected chi connectivity index (χ3v) is 3.68. The van der Waals surface area contributed by atoms with Crippen LogP contribution in [0.4, 0.5) is 0 Å². The van der Waals surface area contributed by atoms with Crippen LogP contribution in [0, 0.1) is 0 Å². The molecule has 7 heteroatoms. The van der Waals surface area contributed by atoms with E-state index in [1.165, 1.54) is 0 Å². The molecular weight excluding hydrogens is 246 g/mol. The molecule has 0 aliphatic rings. The van der Waals surface area contributed by atoms with Crippen LogP contribution < -0.4 is 0 Å². The van der Waals surface area contributed by atoms with Crippen molar-refractivity contribution in [3.05, 3.63) is 10.6 Å². The Morgan fingerprint density at radius 2 is 1.71 bits per heavy atom. The van der Waals surface area contributed by atoms with Crippen LogP contribution in [0.25, 0.3) is 0 Å². The lowest BCUT2D eigenvalue weighted by Crippen LogP contribution is -2.43. The smallest absolute Gasteiger partial charge is 0.345 e. The van der Waals surface area contributed by atoms with Gasteiger partial charge in [0.15, 0.2) is 0 Å². The molecule has 0 rings (SSSR count). The molecule has 0 unspecified atom stereocenters. The van der Waals surface area contributed by atoms with E-state index in [4.69, 9.17) is 5.11 Å². The second kappa shape index (κ2) is 5.61. The molecule has 0 aromatic rings. The fourth-order valence-corrected chi connectivity index (χ4v) is 3.15. The molecule has 0 amide bonds. The van der Waals surface area contributed by atoms with Crippen LogP contribution in [0.2, 0.25) is 0 Å². The highest BCUT2D eigenvalue weighted by Crippen LogP contribution is 2.24. The Hall–Kier alpha value is -0.920. The summed E-state index contributed by atoms with van der Waals surface area (Å²) in [6.07, 6.45) is 0.707. The first kappa shape index (κ1) is 16.1. The van der Waals surface area contributed by atoms with Gasteiger partial charge in [0.05, 0.1) is 20.6 Å². The minimum Gasteiger partial charge on any atom is -0.478 e. The van der Waals surface area contributed by atoms with Gasteiger partial charge >= 0.3 is 16.1 Å². The van der Waals surface area contributed by atoms with Gasteiger partial charge in [-0.05, 0) is 12.8 Å². The molecule has 0 aliphatic carbocycles. The Morgan fingerprint density at radius 3 is 1.94 bits per heavy atom. The van der Waals surface area contributed by atoms with Crippen molar-refractivity contribution in [2.24, 2.45) is 0 Å². The summed E-state index contributed by atoms with van der Waals surface area (Å²) in [5.74, 6) is -1.32. The lowest BCUT2D eigenvalue weighted by Gasteiger charge is -2.30. The second-order valence-electron chi connectivity index (χ2n) is 4.33. The number of hydrogen-bond acceptors (Lipinski definition) is 3. The van der Waals surface area contributed by atoms with Crippen LogP contribution in [-0.2, 0) is 14.9 Å². The first-order chi connectivity index (χ1) is 7.57. The lowest BCUT2D eigenvalue weighted by atomic mass is 10.2. The topological polar surface area (TPSA) is 91.7 Å². The normalized spacial score (nSPS) is 14.4. The fraction of sp³-hybridized carbons (Fsp3) is 0.700. The van der Waals surface area contributed by atoms with E-state index in [-0.39, 0.29) is 16.5 Å². The van der Waals surface area contributed by atoms with Gasteiger partial charge in [0.25, 0.3) is 5.03 Å². The zero-order valence-corrected chi connectivity index (χ0v) is 11.4. The van der Waals surface area contributed by atoms with Gasteiger partial charge in [0.2, 0.25) is 0 Å². The molecule has 17 heavy (non-hydrogen) atoms. The van der Waals surface area contributed by atoms with E-state index in [1.54, 1.807) is 21.0 Å². The summed E-state index contributed by atoms with van der Waals surface area (Å²) >= 11 is 0. The van der Waals surface area contributed by atoms with Crippen molar-refractivity contribution in [1.29, 1.82) is 0 Å². The monoisotopic (exact) mass is 266 g/mol. The molecule has 0 radical (unpaired) electrons. The van der Waals surface area contributed by atoms with E-state index in [9.17, 15) is 17.8 Å².